The molecule has 112 valence electrons. The Labute approximate surface area is 125 Å². The summed E-state index contributed by atoms with van der Waals surface area (Å²) in [4.78, 5) is 26.5. The van der Waals surface area contributed by atoms with E-state index in [-0.39, 0.29) is 23.8 Å². The minimum Gasteiger partial charge on any atom is -0.353 e. The number of carbonyl (C=O) groups excluding carboxylic acids is 2. The van der Waals surface area contributed by atoms with E-state index in [9.17, 15) is 9.59 Å². The Morgan fingerprint density at radius 3 is 2.86 bits per heavy atom. The van der Waals surface area contributed by atoms with Crippen molar-refractivity contribution in [1.82, 2.24) is 10.2 Å². The molecule has 1 aliphatic heterocycles. The van der Waals surface area contributed by atoms with Crippen LogP contribution >= 0.6 is 0 Å². The van der Waals surface area contributed by atoms with Crippen molar-refractivity contribution in [2.24, 2.45) is 5.92 Å². The van der Waals surface area contributed by atoms with Gasteiger partial charge in [-0.05, 0) is 36.8 Å². The van der Waals surface area contributed by atoms with Crippen molar-refractivity contribution in [3.8, 4) is 0 Å². The van der Waals surface area contributed by atoms with Crippen molar-refractivity contribution in [3.63, 3.8) is 0 Å². The summed E-state index contributed by atoms with van der Waals surface area (Å²) in [5.74, 6) is 0.180. The molecule has 0 bridgehead atoms. The standard InChI is InChI=1S/C17H22N2O2/c1-2-15-16(20)18-9-10-19(15)17(21)14-8-7-12-5-3-4-6-13(12)11-14/h3-6,14-15H,2,7-11H2,1H3,(H,18,20). The summed E-state index contributed by atoms with van der Waals surface area (Å²) in [6, 6.07) is 8.08. The summed E-state index contributed by atoms with van der Waals surface area (Å²) < 4.78 is 0. The number of rotatable bonds is 2. The van der Waals surface area contributed by atoms with Crippen molar-refractivity contribution in [1.29, 1.82) is 0 Å². The minimum absolute atomic E-state index is 0.00619. The number of hydrogen-bond donors (Lipinski definition) is 1. The van der Waals surface area contributed by atoms with Crippen LogP contribution in [0.1, 0.15) is 30.9 Å². The van der Waals surface area contributed by atoms with Crippen molar-refractivity contribution in [2.45, 2.75) is 38.6 Å². The van der Waals surface area contributed by atoms with Gasteiger partial charge in [0, 0.05) is 19.0 Å². The second-order valence-electron chi connectivity index (χ2n) is 5.96. The van der Waals surface area contributed by atoms with Gasteiger partial charge in [-0.25, -0.2) is 0 Å². The monoisotopic (exact) mass is 286 g/mol. The lowest BCUT2D eigenvalue weighted by molar-refractivity contribution is -0.146. The van der Waals surface area contributed by atoms with E-state index >= 15 is 0 Å². The molecule has 0 saturated carbocycles. The van der Waals surface area contributed by atoms with Crippen LogP contribution in [0.25, 0.3) is 0 Å². The number of nitrogens with zero attached hydrogens (tertiary/aromatic N) is 1. The first kappa shape index (κ1) is 14.1. The number of amides is 2. The highest BCUT2D eigenvalue weighted by molar-refractivity contribution is 5.89. The molecule has 1 fully saturated rings. The summed E-state index contributed by atoms with van der Waals surface area (Å²) >= 11 is 0. The van der Waals surface area contributed by atoms with Gasteiger partial charge in [0.2, 0.25) is 11.8 Å². The fourth-order valence-corrected chi connectivity index (χ4v) is 3.53. The summed E-state index contributed by atoms with van der Waals surface area (Å²) in [5.41, 5.74) is 2.65. The van der Waals surface area contributed by atoms with E-state index in [0.717, 1.165) is 19.3 Å². The van der Waals surface area contributed by atoms with E-state index < -0.39 is 0 Å². The highest BCUT2D eigenvalue weighted by Crippen LogP contribution is 2.27. The largest absolute Gasteiger partial charge is 0.353 e. The average Bonchev–Trinajstić information content (AvgIpc) is 2.53. The zero-order valence-corrected chi connectivity index (χ0v) is 12.5. The van der Waals surface area contributed by atoms with E-state index in [0.29, 0.717) is 19.5 Å². The van der Waals surface area contributed by atoms with E-state index in [4.69, 9.17) is 0 Å². The fourth-order valence-electron chi connectivity index (χ4n) is 3.53. The molecule has 2 aliphatic rings. The van der Waals surface area contributed by atoms with Crippen LogP contribution in [0.5, 0.6) is 0 Å². The number of benzene rings is 1. The highest BCUT2D eigenvalue weighted by atomic mass is 16.2. The molecule has 1 heterocycles. The van der Waals surface area contributed by atoms with Crippen LogP contribution in [0.2, 0.25) is 0 Å². The first-order valence-corrected chi connectivity index (χ1v) is 7.85. The third-order valence-electron chi connectivity index (χ3n) is 4.70. The molecule has 3 rings (SSSR count). The molecule has 1 saturated heterocycles. The molecule has 4 nitrogen and oxygen atoms in total. The number of nitrogens with one attached hydrogen (secondary N) is 1. The lowest BCUT2D eigenvalue weighted by Crippen LogP contribution is -2.58. The lowest BCUT2D eigenvalue weighted by atomic mass is 9.83. The van der Waals surface area contributed by atoms with Crippen LogP contribution in [0.4, 0.5) is 0 Å². The van der Waals surface area contributed by atoms with Crippen LogP contribution < -0.4 is 5.32 Å². The number of carbonyl (C=O) groups is 2. The van der Waals surface area contributed by atoms with Gasteiger partial charge in [0.15, 0.2) is 0 Å². The predicted molar refractivity (Wildman–Crippen MR) is 80.8 cm³/mol. The molecule has 0 spiro atoms. The van der Waals surface area contributed by atoms with Crippen molar-refractivity contribution in [2.75, 3.05) is 13.1 Å². The van der Waals surface area contributed by atoms with Gasteiger partial charge < -0.3 is 10.2 Å². The molecule has 2 unspecified atom stereocenters. The van der Waals surface area contributed by atoms with Gasteiger partial charge in [-0.1, -0.05) is 31.2 Å². The molecule has 4 heteroatoms. The molecule has 21 heavy (non-hydrogen) atoms. The van der Waals surface area contributed by atoms with Crippen molar-refractivity contribution >= 4 is 11.8 Å². The maximum atomic E-state index is 12.8. The van der Waals surface area contributed by atoms with Gasteiger partial charge in [0.1, 0.15) is 6.04 Å². The average molecular weight is 286 g/mol. The Bertz CT molecular complexity index is 555. The Hall–Kier alpha value is -1.84. The van der Waals surface area contributed by atoms with Gasteiger partial charge in [-0.2, -0.15) is 0 Å². The van der Waals surface area contributed by atoms with E-state index in [1.54, 1.807) is 4.90 Å². The Morgan fingerprint density at radius 1 is 1.33 bits per heavy atom. The van der Waals surface area contributed by atoms with Crippen LogP contribution in [0, 0.1) is 5.92 Å². The van der Waals surface area contributed by atoms with Crippen LogP contribution in [0.3, 0.4) is 0 Å². The van der Waals surface area contributed by atoms with Gasteiger partial charge in [0.25, 0.3) is 0 Å². The van der Waals surface area contributed by atoms with Gasteiger partial charge in [0.05, 0.1) is 0 Å². The SMILES string of the molecule is CCC1C(=O)NCCN1C(=O)C1CCc2ccccc2C1. The lowest BCUT2D eigenvalue weighted by Gasteiger charge is -2.37. The fraction of sp³-hybridized carbons (Fsp3) is 0.529. The quantitative estimate of drug-likeness (QED) is 0.896. The Balaban J connectivity index is 1.75. The first-order chi connectivity index (χ1) is 10.2. The maximum Gasteiger partial charge on any atom is 0.242 e. The van der Waals surface area contributed by atoms with Crippen molar-refractivity contribution < 1.29 is 9.59 Å². The first-order valence-electron chi connectivity index (χ1n) is 7.85. The number of piperazine rings is 1. The second kappa shape index (κ2) is 5.88. The zero-order chi connectivity index (χ0) is 14.8. The molecular weight excluding hydrogens is 264 g/mol. The molecule has 2 atom stereocenters. The maximum absolute atomic E-state index is 12.8. The van der Waals surface area contributed by atoms with Crippen LogP contribution in [0.15, 0.2) is 24.3 Å². The van der Waals surface area contributed by atoms with Crippen LogP contribution in [-0.2, 0) is 22.4 Å². The number of aryl methyl sites for hydroxylation is 1. The highest BCUT2D eigenvalue weighted by Gasteiger charge is 2.36. The zero-order valence-electron chi connectivity index (χ0n) is 12.5. The molecule has 1 aliphatic carbocycles. The van der Waals surface area contributed by atoms with Gasteiger partial charge in [-0.15, -0.1) is 0 Å². The third kappa shape index (κ3) is 2.67. The number of hydrogen-bond acceptors (Lipinski definition) is 2. The molecular formula is C17H22N2O2. The van der Waals surface area contributed by atoms with Crippen molar-refractivity contribution in [3.05, 3.63) is 35.4 Å². The topological polar surface area (TPSA) is 49.4 Å². The van der Waals surface area contributed by atoms with E-state index in [2.05, 4.69) is 23.5 Å². The number of fused-ring (bicyclic) bond motifs is 1. The molecule has 0 aromatic heterocycles. The van der Waals surface area contributed by atoms with Gasteiger partial charge in [-0.3, -0.25) is 9.59 Å². The normalized spacial score (nSPS) is 25.2. The summed E-state index contributed by atoms with van der Waals surface area (Å²) in [7, 11) is 0. The molecule has 0 radical (unpaired) electrons. The smallest absolute Gasteiger partial charge is 0.242 e. The van der Waals surface area contributed by atoms with E-state index in [1.165, 1.54) is 11.1 Å². The Morgan fingerprint density at radius 2 is 2.10 bits per heavy atom. The third-order valence-corrected chi connectivity index (χ3v) is 4.70. The van der Waals surface area contributed by atoms with Gasteiger partial charge >= 0.3 is 0 Å². The molecule has 1 aromatic rings. The second-order valence-corrected chi connectivity index (χ2v) is 5.96. The summed E-state index contributed by atoms with van der Waals surface area (Å²) in [6.45, 7) is 3.18. The molecule has 1 N–H and O–H groups in total. The summed E-state index contributed by atoms with van der Waals surface area (Å²) in [6.07, 6.45) is 3.35. The van der Waals surface area contributed by atoms with Crippen LogP contribution in [-0.4, -0.2) is 35.8 Å². The summed E-state index contributed by atoms with van der Waals surface area (Å²) in [5, 5.41) is 2.85. The minimum atomic E-state index is -0.288. The predicted octanol–water partition coefficient (Wildman–Crippen LogP) is 1.53. The Kier molecular flexibility index (Phi) is 3.95. The van der Waals surface area contributed by atoms with E-state index in [1.807, 2.05) is 13.0 Å². The molecule has 2 amide bonds. The molecule has 1 aromatic carbocycles.